The summed E-state index contributed by atoms with van der Waals surface area (Å²) in [4.78, 5) is 11.7. The van der Waals surface area contributed by atoms with E-state index in [4.69, 9.17) is 9.47 Å². The molecule has 0 atom stereocenters. The lowest BCUT2D eigenvalue weighted by molar-refractivity contribution is -0.118. The second kappa shape index (κ2) is 6.60. The molecule has 0 fully saturated rings. The zero-order valence-corrected chi connectivity index (χ0v) is 13.3. The highest BCUT2D eigenvalue weighted by molar-refractivity contribution is 5.92. The summed E-state index contributed by atoms with van der Waals surface area (Å²) in [5.41, 5.74) is 2.65. The van der Waals surface area contributed by atoms with Crippen molar-refractivity contribution >= 4 is 23.0 Å². The van der Waals surface area contributed by atoms with Crippen molar-refractivity contribution in [2.24, 2.45) is 5.92 Å². The van der Waals surface area contributed by atoms with Crippen LogP contribution in [0.5, 0.6) is 11.5 Å². The van der Waals surface area contributed by atoms with Crippen molar-refractivity contribution in [3.8, 4) is 11.5 Å². The van der Waals surface area contributed by atoms with Gasteiger partial charge < -0.3 is 20.1 Å². The predicted molar refractivity (Wildman–Crippen MR) is 90.6 cm³/mol. The van der Waals surface area contributed by atoms with Crippen molar-refractivity contribution in [2.75, 3.05) is 23.8 Å². The Morgan fingerprint density at radius 3 is 2.22 bits per heavy atom. The van der Waals surface area contributed by atoms with Gasteiger partial charge in [-0.05, 0) is 36.4 Å². The van der Waals surface area contributed by atoms with Gasteiger partial charge >= 0.3 is 0 Å². The zero-order valence-electron chi connectivity index (χ0n) is 13.3. The number of rotatable bonds is 4. The van der Waals surface area contributed by atoms with Gasteiger partial charge in [0.1, 0.15) is 13.2 Å². The van der Waals surface area contributed by atoms with Gasteiger partial charge in [0.05, 0.1) is 0 Å². The third-order valence-corrected chi connectivity index (χ3v) is 3.51. The van der Waals surface area contributed by atoms with Gasteiger partial charge in [0.25, 0.3) is 0 Å². The molecule has 0 bridgehead atoms. The molecule has 1 heterocycles. The van der Waals surface area contributed by atoms with Gasteiger partial charge in [-0.2, -0.15) is 0 Å². The molecule has 5 nitrogen and oxygen atoms in total. The SMILES string of the molecule is CC(C)C(=O)Nc1ccc(Nc2ccc3c(c2)OCCO3)cc1. The number of ether oxygens (including phenoxy) is 2. The summed E-state index contributed by atoms with van der Waals surface area (Å²) in [7, 11) is 0. The molecule has 0 aromatic heterocycles. The van der Waals surface area contributed by atoms with Crippen LogP contribution in [0.3, 0.4) is 0 Å². The highest BCUT2D eigenvalue weighted by Crippen LogP contribution is 2.33. The molecule has 0 saturated heterocycles. The molecule has 0 spiro atoms. The normalized spacial score (nSPS) is 12.8. The number of carbonyl (C=O) groups is 1. The molecule has 0 aliphatic carbocycles. The molecule has 2 aromatic carbocycles. The molecule has 1 amide bonds. The average Bonchev–Trinajstić information content (AvgIpc) is 2.56. The molecule has 0 radical (unpaired) electrons. The summed E-state index contributed by atoms with van der Waals surface area (Å²) in [5.74, 6) is 1.50. The number of hydrogen-bond acceptors (Lipinski definition) is 4. The van der Waals surface area contributed by atoms with Gasteiger partial charge in [0.15, 0.2) is 11.5 Å². The lowest BCUT2D eigenvalue weighted by Gasteiger charge is -2.19. The van der Waals surface area contributed by atoms with E-state index in [1.807, 2.05) is 56.3 Å². The fourth-order valence-corrected chi connectivity index (χ4v) is 2.21. The van der Waals surface area contributed by atoms with Gasteiger partial charge in [0.2, 0.25) is 5.91 Å². The first-order valence-electron chi connectivity index (χ1n) is 7.69. The zero-order chi connectivity index (χ0) is 16.2. The quantitative estimate of drug-likeness (QED) is 0.901. The Morgan fingerprint density at radius 2 is 1.52 bits per heavy atom. The minimum atomic E-state index is -0.0366. The van der Waals surface area contributed by atoms with E-state index >= 15 is 0 Å². The Kier molecular flexibility index (Phi) is 4.37. The van der Waals surface area contributed by atoms with Crippen LogP contribution in [-0.4, -0.2) is 19.1 Å². The maximum atomic E-state index is 11.7. The number of nitrogens with one attached hydrogen (secondary N) is 2. The Labute approximate surface area is 135 Å². The van der Waals surface area contributed by atoms with E-state index in [0.717, 1.165) is 28.6 Å². The van der Waals surface area contributed by atoms with E-state index in [1.165, 1.54) is 0 Å². The molecular weight excluding hydrogens is 292 g/mol. The van der Waals surface area contributed by atoms with Gasteiger partial charge in [0, 0.05) is 29.0 Å². The molecule has 3 rings (SSSR count). The number of carbonyl (C=O) groups excluding carboxylic acids is 1. The van der Waals surface area contributed by atoms with E-state index in [2.05, 4.69) is 10.6 Å². The highest BCUT2D eigenvalue weighted by Gasteiger charge is 2.12. The Hall–Kier alpha value is -2.69. The van der Waals surface area contributed by atoms with Crippen LogP contribution in [0.25, 0.3) is 0 Å². The van der Waals surface area contributed by atoms with Crippen molar-refractivity contribution < 1.29 is 14.3 Å². The Morgan fingerprint density at radius 1 is 0.913 bits per heavy atom. The van der Waals surface area contributed by atoms with Crippen LogP contribution in [0.15, 0.2) is 42.5 Å². The van der Waals surface area contributed by atoms with Gasteiger partial charge in [-0.15, -0.1) is 0 Å². The van der Waals surface area contributed by atoms with E-state index in [9.17, 15) is 4.79 Å². The van der Waals surface area contributed by atoms with Crippen LogP contribution in [-0.2, 0) is 4.79 Å². The number of hydrogen-bond donors (Lipinski definition) is 2. The lowest BCUT2D eigenvalue weighted by Crippen LogP contribution is -2.17. The fourth-order valence-electron chi connectivity index (χ4n) is 2.21. The first kappa shape index (κ1) is 15.2. The van der Waals surface area contributed by atoms with Crippen LogP contribution in [0.1, 0.15) is 13.8 Å². The second-order valence-electron chi connectivity index (χ2n) is 5.70. The number of anilines is 3. The van der Waals surface area contributed by atoms with Gasteiger partial charge in [-0.3, -0.25) is 4.79 Å². The smallest absolute Gasteiger partial charge is 0.226 e. The van der Waals surface area contributed by atoms with Gasteiger partial charge in [-0.25, -0.2) is 0 Å². The van der Waals surface area contributed by atoms with Crippen LogP contribution >= 0.6 is 0 Å². The predicted octanol–water partition coefficient (Wildman–Crippen LogP) is 3.80. The number of benzene rings is 2. The third-order valence-electron chi connectivity index (χ3n) is 3.51. The maximum absolute atomic E-state index is 11.7. The molecular formula is C18H20N2O3. The molecule has 1 aliphatic rings. The van der Waals surface area contributed by atoms with E-state index < -0.39 is 0 Å². The Balaban J connectivity index is 1.67. The first-order valence-corrected chi connectivity index (χ1v) is 7.69. The van der Waals surface area contributed by atoms with Crippen molar-refractivity contribution in [1.29, 1.82) is 0 Å². The molecule has 1 aliphatic heterocycles. The first-order chi connectivity index (χ1) is 11.1. The van der Waals surface area contributed by atoms with Crippen LogP contribution in [0.4, 0.5) is 17.1 Å². The summed E-state index contributed by atoms with van der Waals surface area (Å²) in [6.45, 7) is 4.89. The fraction of sp³-hybridized carbons (Fsp3) is 0.278. The van der Waals surface area contributed by atoms with Crippen LogP contribution < -0.4 is 20.1 Å². The maximum Gasteiger partial charge on any atom is 0.226 e. The molecule has 120 valence electrons. The molecule has 0 unspecified atom stereocenters. The van der Waals surface area contributed by atoms with Crippen molar-refractivity contribution in [1.82, 2.24) is 0 Å². The lowest BCUT2D eigenvalue weighted by atomic mass is 10.2. The number of fused-ring (bicyclic) bond motifs is 1. The van der Waals surface area contributed by atoms with Gasteiger partial charge in [-0.1, -0.05) is 13.8 Å². The highest BCUT2D eigenvalue weighted by atomic mass is 16.6. The Bertz CT molecular complexity index is 696. The molecule has 5 heteroatoms. The number of amides is 1. The third kappa shape index (κ3) is 3.74. The van der Waals surface area contributed by atoms with E-state index in [0.29, 0.717) is 13.2 Å². The topological polar surface area (TPSA) is 59.6 Å². The molecule has 2 aromatic rings. The van der Waals surface area contributed by atoms with Crippen molar-refractivity contribution in [3.63, 3.8) is 0 Å². The van der Waals surface area contributed by atoms with E-state index in [-0.39, 0.29) is 11.8 Å². The van der Waals surface area contributed by atoms with Crippen molar-refractivity contribution in [3.05, 3.63) is 42.5 Å². The van der Waals surface area contributed by atoms with E-state index in [1.54, 1.807) is 0 Å². The monoisotopic (exact) mass is 312 g/mol. The van der Waals surface area contributed by atoms with Crippen LogP contribution in [0.2, 0.25) is 0 Å². The minimum Gasteiger partial charge on any atom is -0.486 e. The standard InChI is InChI=1S/C18H20N2O3/c1-12(2)18(21)20-14-5-3-13(4-6-14)19-15-7-8-16-17(11-15)23-10-9-22-16/h3-8,11-12,19H,9-10H2,1-2H3,(H,20,21). The summed E-state index contributed by atoms with van der Waals surface area (Å²) in [6, 6.07) is 13.4. The summed E-state index contributed by atoms with van der Waals surface area (Å²) >= 11 is 0. The summed E-state index contributed by atoms with van der Waals surface area (Å²) in [6.07, 6.45) is 0. The molecule has 0 saturated carbocycles. The summed E-state index contributed by atoms with van der Waals surface area (Å²) < 4.78 is 11.1. The molecule has 2 N–H and O–H groups in total. The van der Waals surface area contributed by atoms with Crippen molar-refractivity contribution in [2.45, 2.75) is 13.8 Å². The average molecular weight is 312 g/mol. The second-order valence-corrected chi connectivity index (χ2v) is 5.70. The largest absolute Gasteiger partial charge is 0.486 e. The minimum absolute atomic E-state index is 0.0116. The molecule has 23 heavy (non-hydrogen) atoms. The van der Waals surface area contributed by atoms with Crippen LogP contribution in [0, 0.1) is 5.92 Å². The summed E-state index contributed by atoms with van der Waals surface area (Å²) in [5, 5.41) is 6.18.